The molecule has 103 heavy (non-hydrogen) atoms. The molecule has 0 aliphatic heterocycles. The number of ketones is 22. The molecule has 0 atom stereocenters. The van der Waals surface area contributed by atoms with E-state index in [4.69, 9.17) is 0 Å². The summed E-state index contributed by atoms with van der Waals surface area (Å²) in [4.78, 5) is 208. The lowest BCUT2D eigenvalue weighted by molar-refractivity contribution is -0.117. The van der Waals surface area contributed by atoms with Crippen LogP contribution in [-0.2, 0) is 105 Å². The zero-order valence-electron chi connectivity index (χ0n) is 78.7. The van der Waals surface area contributed by atoms with Crippen molar-refractivity contribution < 1.29 is 105 Å². The molecule has 0 saturated carbocycles. The smallest absolute Gasteiger partial charge is 0.129 e. The van der Waals surface area contributed by atoms with Gasteiger partial charge in [0.2, 0.25) is 0 Å². The summed E-state index contributed by atoms with van der Waals surface area (Å²) < 4.78 is 0. The number of rotatable bonds is 1. The van der Waals surface area contributed by atoms with Gasteiger partial charge < -0.3 is 105 Å². The maximum atomic E-state index is 9.81. The first kappa shape index (κ1) is 193. The molecule has 0 bridgehead atoms. The van der Waals surface area contributed by atoms with Crippen molar-refractivity contribution in [2.24, 2.45) is 0 Å². The van der Waals surface area contributed by atoms with Crippen molar-refractivity contribution in [3.05, 3.63) is 0 Å². The molecular formula is C81H176O22. The lowest BCUT2D eigenvalue weighted by Gasteiger charge is -1.71. The minimum absolute atomic E-state index is 0.167. The fourth-order valence-corrected chi connectivity index (χ4v) is 0. The van der Waals surface area contributed by atoms with Crippen LogP contribution >= 0.6 is 0 Å². The number of carbonyl (C=O) groups excluding carboxylic acids is 22. The molecule has 0 aromatic heterocycles. The largest absolute Gasteiger partial charge is 0.300 e. The third-order valence-corrected chi connectivity index (χ3v) is 0.498. The predicted molar refractivity (Wildman–Crippen MR) is 444 cm³/mol. The van der Waals surface area contributed by atoms with Crippen LogP contribution in [0.25, 0.3) is 0 Å². The van der Waals surface area contributed by atoms with Crippen molar-refractivity contribution in [3.63, 3.8) is 0 Å². The van der Waals surface area contributed by atoms with Crippen molar-refractivity contribution in [3.8, 4) is 0 Å². The van der Waals surface area contributed by atoms with Gasteiger partial charge in [0.25, 0.3) is 0 Å². The van der Waals surface area contributed by atoms with Crippen LogP contribution in [0.5, 0.6) is 0 Å². The topological polar surface area (TPSA) is 376 Å². The average molecular weight is 1500 g/mol. The van der Waals surface area contributed by atoms with E-state index in [1.807, 2.05) is 104 Å². The second-order valence-electron chi connectivity index (χ2n) is 20.1. The quantitative estimate of drug-likeness (QED) is 0.235. The number of hydrogen-bond donors (Lipinski definition) is 0. The van der Waals surface area contributed by atoms with Gasteiger partial charge >= 0.3 is 0 Å². The molecule has 0 saturated heterocycles. The molecule has 632 valence electrons. The van der Waals surface area contributed by atoms with E-state index in [-0.39, 0.29) is 127 Å². The summed E-state index contributed by atoms with van der Waals surface area (Å²) in [6.07, 6.45) is 0.667. The summed E-state index contributed by atoms with van der Waals surface area (Å²) in [6.45, 7) is 95.6. The van der Waals surface area contributed by atoms with Gasteiger partial charge in [0.05, 0.1) is 0 Å². The van der Waals surface area contributed by atoms with Gasteiger partial charge in [-0.05, 0) is 298 Å². The number of Topliss-reactive ketones (excluding diaryl/α,β-unsaturated/α-hetero) is 22. The van der Waals surface area contributed by atoms with Gasteiger partial charge in [-0.15, -0.1) is 0 Å². The second-order valence-corrected chi connectivity index (χ2v) is 20.1. The fourth-order valence-electron chi connectivity index (χ4n) is 0. The fraction of sp³-hybridized carbons (Fsp3) is 0.728. The van der Waals surface area contributed by atoms with Crippen LogP contribution in [0.15, 0.2) is 0 Å². The monoisotopic (exact) mass is 1500 g/mol. The molecule has 0 aliphatic rings. The van der Waals surface area contributed by atoms with Crippen LogP contribution in [0, 0.1) is 0 Å². The highest BCUT2D eigenvalue weighted by atomic mass is 16.2. The van der Waals surface area contributed by atoms with Crippen molar-refractivity contribution in [1.29, 1.82) is 0 Å². The molecular weight excluding hydrogens is 1320 g/mol. The van der Waals surface area contributed by atoms with E-state index in [0.29, 0.717) is 6.42 Å². The third-order valence-electron chi connectivity index (χ3n) is 0.498. The summed E-state index contributed by atoms with van der Waals surface area (Å²) in [7, 11) is 0. The summed E-state index contributed by atoms with van der Waals surface area (Å²) in [5.74, 6) is 3.75. The zero-order chi connectivity index (χ0) is 93.4. The van der Waals surface area contributed by atoms with Crippen molar-refractivity contribution in [2.75, 3.05) is 0 Å². The predicted octanol–water partition coefficient (Wildman–Crippen LogP) is 20.7. The third kappa shape index (κ3) is 29500. The highest BCUT2D eigenvalue weighted by Crippen LogP contribution is 1.71. The van der Waals surface area contributed by atoms with E-state index < -0.39 is 0 Å². The molecule has 22 heteroatoms. The van der Waals surface area contributed by atoms with Crippen molar-refractivity contribution in [2.45, 2.75) is 408 Å². The maximum Gasteiger partial charge on any atom is 0.129 e. The van der Waals surface area contributed by atoms with E-state index in [1.54, 1.807) is 6.92 Å². The SMILES string of the molecule is CC.CC.CC.CC.CC.CC.CC.CC(C)=O.CC(C)=O.CC(C)=O.CC(C)=O.CC(C)=O.CC(C)=O.CC(C)=O.CC(C)=O.CC(C)=O.CC(C)=O.CC(C)=O.CC(C)=O.CC(C)=O.CC(C)=O.CC(C)=O.CC(C)=O.CC(C)=O.CC(C)=O.CC(C)=O.CC(C)=O.CC(C)=O.CCC(C)=O. The Hall–Kier alpha value is -7.26. The maximum absolute atomic E-state index is 9.81. The Morgan fingerprint density at radius 1 is 0.107 bits per heavy atom. The highest BCUT2D eigenvalue weighted by molar-refractivity contribution is 5.77. The van der Waals surface area contributed by atoms with Crippen LogP contribution in [0.2, 0.25) is 0 Å². The molecule has 0 fully saturated rings. The molecule has 0 aromatic carbocycles. The standard InChI is InChI=1S/C4H8O.21C3H6O.7C2H6/c1-3-4(2)5;21*1-3(2)4;7*1-2/h3H2,1-2H3;21*1-2H3;7*1-2H3. The molecule has 0 rings (SSSR count). The van der Waals surface area contributed by atoms with Crippen LogP contribution in [0.1, 0.15) is 408 Å². The minimum Gasteiger partial charge on any atom is -0.300 e. The lowest BCUT2D eigenvalue weighted by Crippen LogP contribution is -1.80. The Balaban J connectivity index is -0.0000000205. The van der Waals surface area contributed by atoms with Crippen molar-refractivity contribution in [1.82, 2.24) is 0 Å². The van der Waals surface area contributed by atoms with Gasteiger partial charge in [0.1, 0.15) is 127 Å². The molecule has 0 unspecified atom stereocenters. The first-order chi connectivity index (χ1) is 45.6. The molecule has 22 nitrogen and oxygen atoms in total. The van der Waals surface area contributed by atoms with Gasteiger partial charge in [-0.1, -0.05) is 104 Å². The second kappa shape index (κ2) is 233. The normalized spacial score (nSPS) is 6.08. The lowest BCUT2D eigenvalue weighted by atomic mass is 10.4. The van der Waals surface area contributed by atoms with Gasteiger partial charge in [-0.25, -0.2) is 0 Å². The van der Waals surface area contributed by atoms with Gasteiger partial charge in [0.15, 0.2) is 0 Å². The van der Waals surface area contributed by atoms with E-state index in [1.165, 1.54) is 291 Å². The van der Waals surface area contributed by atoms with E-state index in [2.05, 4.69) is 0 Å². The molecule has 0 heterocycles. The van der Waals surface area contributed by atoms with Gasteiger partial charge in [-0.2, -0.15) is 0 Å². The Kier molecular flexibility index (Phi) is 437. The van der Waals surface area contributed by atoms with Gasteiger partial charge in [0, 0.05) is 6.42 Å². The van der Waals surface area contributed by atoms with Crippen LogP contribution in [0.4, 0.5) is 0 Å². The molecule has 0 radical (unpaired) electrons. The summed E-state index contributed by atoms with van der Waals surface area (Å²) in [5, 5.41) is 0. The molecule has 0 amide bonds. The number of hydrogen-bond acceptors (Lipinski definition) is 22. The zero-order valence-corrected chi connectivity index (χ0v) is 78.7. The van der Waals surface area contributed by atoms with Crippen LogP contribution in [-0.4, -0.2) is 127 Å². The number of carbonyl (C=O) groups is 22. The summed E-state index contributed by atoms with van der Waals surface area (Å²) in [6, 6.07) is 0. The molecule has 0 N–H and O–H groups in total. The molecule has 0 spiro atoms. The van der Waals surface area contributed by atoms with Crippen molar-refractivity contribution >= 4 is 127 Å². The average Bonchev–Trinajstić information content (AvgIpc) is 3.36. The Morgan fingerprint density at radius 3 is 0.117 bits per heavy atom. The van der Waals surface area contributed by atoms with E-state index in [9.17, 15) is 105 Å². The van der Waals surface area contributed by atoms with E-state index in [0.717, 1.165) is 0 Å². The Bertz CT molecular complexity index is 1230. The first-order valence-corrected chi connectivity index (χ1v) is 34.1. The minimum atomic E-state index is 0.167. The molecule has 0 aromatic rings. The first-order valence-electron chi connectivity index (χ1n) is 34.1. The van der Waals surface area contributed by atoms with Gasteiger partial charge in [-0.3, -0.25) is 0 Å². The highest BCUT2D eigenvalue weighted by Gasteiger charge is 1.77. The summed E-state index contributed by atoms with van der Waals surface area (Å²) >= 11 is 0. The van der Waals surface area contributed by atoms with E-state index >= 15 is 0 Å². The summed E-state index contributed by atoms with van der Waals surface area (Å²) in [5.41, 5.74) is 0. The Morgan fingerprint density at radius 2 is 0.117 bits per heavy atom. The Labute approximate surface area is 638 Å². The molecule has 0 aliphatic carbocycles. The van der Waals surface area contributed by atoms with Crippen LogP contribution < -0.4 is 0 Å². The van der Waals surface area contributed by atoms with Crippen LogP contribution in [0.3, 0.4) is 0 Å².